The summed E-state index contributed by atoms with van der Waals surface area (Å²) >= 11 is 1.28. The van der Waals surface area contributed by atoms with Gasteiger partial charge in [-0.3, -0.25) is 19.5 Å². The maximum Gasteiger partial charge on any atom is 0.271 e. The smallest absolute Gasteiger partial charge is 0.271 e. The topological polar surface area (TPSA) is 96.0 Å². The predicted octanol–water partition coefficient (Wildman–Crippen LogP) is 4.24. The Balaban J connectivity index is 1.64. The third-order valence-electron chi connectivity index (χ3n) is 6.98. The van der Waals surface area contributed by atoms with Gasteiger partial charge in [-0.2, -0.15) is 0 Å². The fourth-order valence-electron chi connectivity index (χ4n) is 5.23. The van der Waals surface area contributed by atoms with Crippen molar-refractivity contribution in [1.29, 1.82) is 0 Å². The van der Waals surface area contributed by atoms with Gasteiger partial charge in [0.2, 0.25) is 0 Å². The Bertz CT molecular complexity index is 1820. The quantitative estimate of drug-likeness (QED) is 0.287. The lowest BCUT2D eigenvalue weighted by Crippen LogP contribution is -2.39. The number of aromatic nitrogens is 1. The molecule has 38 heavy (non-hydrogen) atoms. The molecule has 0 bridgehead atoms. The van der Waals surface area contributed by atoms with Crippen molar-refractivity contribution in [3.63, 3.8) is 0 Å². The number of benzene rings is 3. The highest BCUT2D eigenvalue weighted by atomic mass is 32.1. The van der Waals surface area contributed by atoms with Crippen LogP contribution in [0.3, 0.4) is 0 Å². The van der Waals surface area contributed by atoms with E-state index >= 15 is 0 Å². The van der Waals surface area contributed by atoms with Crippen LogP contribution in [0.15, 0.2) is 82.1 Å². The number of hydrogen-bond acceptors (Lipinski definition) is 7. The van der Waals surface area contributed by atoms with Crippen LogP contribution in [0.25, 0.3) is 11.8 Å². The zero-order chi connectivity index (χ0) is 26.4. The molecule has 2 heterocycles. The minimum atomic E-state index is -0.445. The Hall–Kier alpha value is -4.50. The standard InChI is InChI=1S/C29H23N3O5S/c1-36-20-11-13-24(37-2)23(16-20)27-22-12-10-18-7-3-4-9-21(18)26(22)30-29-31(27)28(33)25(38-29)15-17-6-5-8-19(14-17)32(34)35/h3-9,11,13-16,27H,10,12H2,1-2H3. The first-order valence-electron chi connectivity index (χ1n) is 12.1. The number of rotatable bonds is 5. The van der Waals surface area contributed by atoms with Gasteiger partial charge in [-0.1, -0.05) is 47.7 Å². The molecule has 1 aliphatic carbocycles. The zero-order valence-corrected chi connectivity index (χ0v) is 21.5. The van der Waals surface area contributed by atoms with E-state index < -0.39 is 11.0 Å². The molecule has 1 aromatic heterocycles. The van der Waals surface area contributed by atoms with Crippen LogP contribution in [-0.4, -0.2) is 23.7 Å². The molecular formula is C29H23N3O5S. The minimum absolute atomic E-state index is 0.0300. The average Bonchev–Trinajstić information content (AvgIpc) is 3.25. The van der Waals surface area contributed by atoms with Crippen LogP contribution >= 0.6 is 11.3 Å². The summed E-state index contributed by atoms with van der Waals surface area (Å²) < 4.78 is 13.4. The number of non-ortho nitro benzene ring substituents is 1. The number of nitrogens with zero attached hydrogens (tertiary/aromatic N) is 3. The number of thiazole rings is 1. The minimum Gasteiger partial charge on any atom is -0.497 e. The summed E-state index contributed by atoms with van der Waals surface area (Å²) in [5.74, 6) is 1.31. The highest BCUT2D eigenvalue weighted by Crippen LogP contribution is 2.44. The lowest BCUT2D eigenvalue weighted by molar-refractivity contribution is -0.384. The zero-order valence-electron chi connectivity index (χ0n) is 20.7. The van der Waals surface area contributed by atoms with Crippen LogP contribution < -0.4 is 24.4 Å². The molecule has 1 unspecified atom stereocenters. The average molecular weight is 526 g/mol. The molecule has 2 aliphatic rings. The van der Waals surface area contributed by atoms with E-state index in [0.29, 0.717) is 26.4 Å². The third kappa shape index (κ3) is 3.92. The van der Waals surface area contributed by atoms with Gasteiger partial charge < -0.3 is 9.47 Å². The first-order chi connectivity index (χ1) is 18.5. The fourth-order valence-corrected chi connectivity index (χ4v) is 6.23. The highest BCUT2D eigenvalue weighted by molar-refractivity contribution is 7.07. The first kappa shape index (κ1) is 23.9. The molecule has 3 aromatic carbocycles. The van der Waals surface area contributed by atoms with Crippen molar-refractivity contribution in [3.05, 3.63) is 124 Å². The van der Waals surface area contributed by atoms with E-state index in [-0.39, 0.29) is 11.2 Å². The predicted molar refractivity (Wildman–Crippen MR) is 145 cm³/mol. The van der Waals surface area contributed by atoms with Gasteiger partial charge in [0, 0.05) is 23.3 Å². The molecule has 0 saturated heterocycles. The van der Waals surface area contributed by atoms with Gasteiger partial charge in [0.1, 0.15) is 11.5 Å². The molecule has 1 atom stereocenters. The second-order valence-corrected chi connectivity index (χ2v) is 10.1. The van der Waals surface area contributed by atoms with E-state index in [1.54, 1.807) is 37.0 Å². The van der Waals surface area contributed by atoms with Crippen molar-refractivity contribution in [3.8, 4) is 11.5 Å². The third-order valence-corrected chi connectivity index (χ3v) is 7.97. The van der Waals surface area contributed by atoms with Gasteiger partial charge in [0.25, 0.3) is 11.2 Å². The molecule has 0 saturated carbocycles. The first-order valence-corrected chi connectivity index (χ1v) is 12.9. The number of nitro groups is 1. The molecule has 8 nitrogen and oxygen atoms in total. The van der Waals surface area contributed by atoms with E-state index in [4.69, 9.17) is 14.5 Å². The lowest BCUT2D eigenvalue weighted by atomic mass is 9.83. The Labute approximate surface area is 221 Å². The molecule has 9 heteroatoms. The van der Waals surface area contributed by atoms with Gasteiger partial charge in [0.05, 0.1) is 35.4 Å². The van der Waals surface area contributed by atoms with Crippen molar-refractivity contribution < 1.29 is 14.4 Å². The van der Waals surface area contributed by atoms with Gasteiger partial charge >= 0.3 is 0 Å². The van der Waals surface area contributed by atoms with Gasteiger partial charge in [-0.15, -0.1) is 0 Å². The van der Waals surface area contributed by atoms with Crippen LogP contribution in [0, 0.1) is 10.1 Å². The number of allylic oxidation sites excluding steroid dienone is 1. The summed E-state index contributed by atoms with van der Waals surface area (Å²) in [6.45, 7) is 0. The SMILES string of the molecule is COc1ccc(OC)c(C2C3=C(N=c4sc(=Cc5cccc([N+](=O)[O-])c5)c(=O)n42)c2ccccc2CC3)c1. The monoisotopic (exact) mass is 525 g/mol. The molecule has 0 spiro atoms. The molecule has 4 aromatic rings. The van der Waals surface area contributed by atoms with Crippen molar-refractivity contribution in [2.24, 2.45) is 4.99 Å². The van der Waals surface area contributed by atoms with Crippen LogP contribution in [0.1, 0.15) is 34.7 Å². The van der Waals surface area contributed by atoms with Gasteiger partial charge in [-0.05, 0) is 53.8 Å². The number of hydrogen-bond donors (Lipinski definition) is 0. The summed E-state index contributed by atoms with van der Waals surface area (Å²) in [5.41, 5.74) is 5.37. The van der Waals surface area contributed by atoms with Crippen LogP contribution in [0.2, 0.25) is 0 Å². The molecule has 6 rings (SSSR count). The fraction of sp³-hybridized carbons (Fsp3) is 0.172. The maximum absolute atomic E-state index is 13.9. The second-order valence-electron chi connectivity index (χ2n) is 9.07. The molecule has 0 amide bonds. The number of ether oxygens (including phenoxy) is 2. The van der Waals surface area contributed by atoms with Gasteiger partial charge in [-0.25, -0.2) is 4.99 Å². The molecule has 1 aliphatic heterocycles. The van der Waals surface area contributed by atoms with Crippen molar-refractivity contribution in [2.45, 2.75) is 18.9 Å². The molecule has 0 N–H and O–H groups in total. The van der Waals surface area contributed by atoms with E-state index in [1.165, 1.54) is 29.0 Å². The molecule has 0 fully saturated rings. The molecule has 190 valence electrons. The summed E-state index contributed by atoms with van der Waals surface area (Å²) in [6.07, 6.45) is 3.27. The van der Waals surface area contributed by atoms with Gasteiger partial charge in [0.15, 0.2) is 4.80 Å². The lowest BCUT2D eigenvalue weighted by Gasteiger charge is -2.31. The van der Waals surface area contributed by atoms with Crippen molar-refractivity contribution in [2.75, 3.05) is 14.2 Å². The Morgan fingerprint density at radius 3 is 2.68 bits per heavy atom. The Morgan fingerprint density at radius 2 is 1.89 bits per heavy atom. The highest BCUT2D eigenvalue weighted by Gasteiger charge is 2.34. The summed E-state index contributed by atoms with van der Waals surface area (Å²) in [4.78, 5) is 30.4. The van der Waals surface area contributed by atoms with E-state index in [2.05, 4.69) is 12.1 Å². The van der Waals surface area contributed by atoms with E-state index in [9.17, 15) is 14.9 Å². The second kappa shape index (κ2) is 9.42. The molecular weight excluding hydrogens is 502 g/mol. The largest absolute Gasteiger partial charge is 0.497 e. The number of aryl methyl sites for hydroxylation is 1. The van der Waals surface area contributed by atoms with Crippen LogP contribution in [0.4, 0.5) is 5.69 Å². The van der Waals surface area contributed by atoms with Crippen LogP contribution in [0.5, 0.6) is 11.5 Å². The van der Waals surface area contributed by atoms with Crippen molar-refractivity contribution in [1.82, 2.24) is 4.57 Å². The Morgan fingerprint density at radius 1 is 1.05 bits per heavy atom. The van der Waals surface area contributed by atoms with E-state index in [0.717, 1.165) is 35.2 Å². The molecule has 0 radical (unpaired) electrons. The summed E-state index contributed by atoms with van der Waals surface area (Å²) in [6, 6.07) is 19.6. The number of nitro benzene ring substituents is 1. The van der Waals surface area contributed by atoms with E-state index in [1.807, 2.05) is 30.3 Å². The number of fused-ring (bicyclic) bond motifs is 3. The van der Waals surface area contributed by atoms with Crippen LogP contribution in [-0.2, 0) is 6.42 Å². The maximum atomic E-state index is 13.9. The summed E-state index contributed by atoms with van der Waals surface area (Å²) in [7, 11) is 3.22. The summed E-state index contributed by atoms with van der Waals surface area (Å²) in [5, 5.41) is 11.3. The van der Waals surface area contributed by atoms with Crippen molar-refractivity contribution >= 4 is 28.8 Å². The number of methoxy groups -OCH3 is 2. The normalized spacial score (nSPS) is 16.3. The Kier molecular flexibility index (Phi) is 5.92.